The predicted molar refractivity (Wildman–Crippen MR) is 66.0 cm³/mol. The molecule has 2 aromatic rings. The summed E-state index contributed by atoms with van der Waals surface area (Å²) < 4.78 is 15.6. The summed E-state index contributed by atoms with van der Waals surface area (Å²) in [6.07, 6.45) is 2.72. The lowest BCUT2D eigenvalue weighted by atomic mass is 10.0. The zero-order valence-electron chi connectivity index (χ0n) is 10.4. The van der Waals surface area contributed by atoms with E-state index in [0.717, 1.165) is 11.4 Å². The van der Waals surface area contributed by atoms with Crippen molar-refractivity contribution in [2.24, 2.45) is 5.84 Å². The van der Waals surface area contributed by atoms with Gasteiger partial charge in [-0.2, -0.15) is 5.10 Å². The molecule has 0 bridgehead atoms. The first kappa shape index (κ1) is 12.7. The maximum atomic E-state index is 13.8. The summed E-state index contributed by atoms with van der Waals surface area (Å²) in [5.41, 5.74) is 4.81. The van der Waals surface area contributed by atoms with Gasteiger partial charge in [0.25, 0.3) is 0 Å². The molecule has 2 aromatic heterocycles. The Kier molecular flexibility index (Phi) is 3.69. The number of aryl methyl sites for hydroxylation is 2. The minimum atomic E-state index is -0.436. The third kappa shape index (κ3) is 2.25. The van der Waals surface area contributed by atoms with Gasteiger partial charge in [-0.3, -0.25) is 15.5 Å². The van der Waals surface area contributed by atoms with Crippen LogP contribution in [-0.4, -0.2) is 14.8 Å². The second-order valence-electron chi connectivity index (χ2n) is 4.02. The zero-order valence-corrected chi connectivity index (χ0v) is 10.4. The number of hydrazine groups is 1. The van der Waals surface area contributed by atoms with Crippen LogP contribution in [0.2, 0.25) is 0 Å². The van der Waals surface area contributed by atoms with Crippen molar-refractivity contribution in [1.29, 1.82) is 0 Å². The Morgan fingerprint density at radius 2 is 2.33 bits per heavy atom. The molecule has 3 N–H and O–H groups in total. The van der Waals surface area contributed by atoms with Gasteiger partial charge in [-0.05, 0) is 26.0 Å². The van der Waals surface area contributed by atoms with E-state index in [0.29, 0.717) is 12.1 Å². The first-order valence-corrected chi connectivity index (χ1v) is 5.77. The second-order valence-corrected chi connectivity index (χ2v) is 4.02. The normalized spacial score (nSPS) is 12.7. The molecule has 18 heavy (non-hydrogen) atoms. The molecule has 0 saturated carbocycles. The van der Waals surface area contributed by atoms with Crippen molar-refractivity contribution >= 4 is 0 Å². The molecule has 96 valence electrons. The van der Waals surface area contributed by atoms with Crippen LogP contribution in [0.25, 0.3) is 0 Å². The molecule has 2 heterocycles. The highest BCUT2D eigenvalue weighted by atomic mass is 19.1. The molecular weight excluding hydrogens is 233 g/mol. The van der Waals surface area contributed by atoms with Crippen LogP contribution >= 0.6 is 0 Å². The Balaban J connectivity index is 2.48. The van der Waals surface area contributed by atoms with E-state index in [1.165, 1.54) is 6.20 Å². The van der Waals surface area contributed by atoms with Gasteiger partial charge in [-0.25, -0.2) is 9.82 Å². The Bertz CT molecular complexity index is 537. The lowest BCUT2D eigenvalue weighted by molar-refractivity contribution is 0.513. The molecule has 1 atom stereocenters. The van der Waals surface area contributed by atoms with Crippen molar-refractivity contribution in [3.8, 4) is 0 Å². The van der Waals surface area contributed by atoms with E-state index in [9.17, 15) is 4.39 Å². The van der Waals surface area contributed by atoms with Gasteiger partial charge in [0.2, 0.25) is 0 Å². The van der Waals surface area contributed by atoms with Crippen LogP contribution in [0, 0.1) is 12.7 Å². The van der Waals surface area contributed by atoms with Gasteiger partial charge in [0, 0.05) is 18.3 Å². The molecule has 0 aromatic carbocycles. The Morgan fingerprint density at radius 1 is 1.56 bits per heavy atom. The molecule has 0 spiro atoms. The summed E-state index contributed by atoms with van der Waals surface area (Å²) in [6, 6.07) is 3.07. The third-order valence-corrected chi connectivity index (χ3v) is 2.81. The number of nitrogens with zero attached hydrogens (tertiary/aromatic N) is 3. The molecule has 0 amide bonds. The van der Waals surface area contributed by atoms with Crippen LogP contribution in [0.4, 0.5) is 4.39 Å². The van der Waals surface area contributed by atoms with Crippen LogP contribution in [0.5, 0.6) is 0 Å². The average Bonchev–Trinajstić information content (AvgIpc) is 2.74. The van der Waals surface area contributed by atoms with Crippen molar-refractivity contribution in [1.82, 2.24) is 20.2 Å². The van der Waals surface area contributed by atoms with E-state index in [-0.39, 0.29) is 5.82 Å². The number of pyridine rings is 1. The van der Waals surface area contributed by atoms with Crippen LogP contribution in [0.3, 0.4) is 0 Å². The van der Waals surface area contributed by atoms with E-state index in [4.69, 9.17) is 5.84 Å². The fourth-order valence-electron chi connectivity index (χ4n) is 2.01. The molecule has 0 fully saturated rings. The van der Waals surface area contributed by atoms with Crippen molar-refractivity contribution < 1.29 is 4.39 Å². The molecule has 0 saturated heterocycles. The summed E-state index contributed by atoms with van der Waals surface area (Å²) in [5.74, 6) is 5.17. The Labute approximate surface area is 105 Å². The Hall–Kier alpha value is -1.79. The van der Waals surface area contributed by atoms with E-state index in [1.807, 2.05) is 19.9 Å². The van der Waals surface area contributed by atoms with Gasteiger partial charge < -0.3 is 0 Å². The summed E-state index contributed by atoms with van der Waals surface area (Å²) >= 11 is 0. The number of aromatic nitrogens is 3. The van der Waals surface area contributed by atoms with Crippen molar-refractivity contribution in [3.63, 3.8) is 0 Å². The molecule has 1 unspecified atom stereocenters. The first-order valence-electron chi connectivity index (χ1n) is 5.77. The highest BCUT2D eigenvalue weighted by molar-refractivity contribution is 5.28. The average molecular weight is 249 g/mol. The molecule has 0 radical (unpaired) electrons. The molecular formula is C12H16FN5. The maximum Gasteiger partial charge on any atom is 0.146 e. The molecule has 6 heteroatoms. The Morgan fingerprint density at radius 3 is 2.94 bits per heavy atom. The van der Waals surface area contributed by atoms with E-state index < -0.39 is 6.04 Å². The van der Waals surface area contributed by atoms with Gasteiger partial charge in [0.15, 0.2) is 0 Å². The van der Waals surface area contributed by atoms with Crippen molar-refractivity contribution in [2.75, 3.05) is 0 Å². The topological polar surface area (TPSA) is 68.8 Å². The third-order valence-electron chi connectivity index (χ3n) is 2.81. The lowest BCUT2D eigenvalue weighted by Crippen LogP contribution is -2.31. The summed E-state index contributed by atoms with van der Waals surface area (Å²) in [6.45, 7) is 4.58. The number of hydrogen-bond donors (Lipinski definition) is 2. The molecule has 0 aliphatic carbocycles. The fraction of sp³-hybridized carbons (Fsp3) is 0.333. The lowest BCUT2D eigenvalue weighted by Gasteiger charge is -2.17. The monoisotopic (exact) mass is 249 g/mol. The zero-order chi connectivity index (χ0) is 13.1. The molecule has 5 nitrogen and oxygen atoms in total. The molecule has 2 rings (SSSR count). The predicted octanol–water partition coefficient (Wildman–Crippen LogP) is 1.30. The van der Waals surface area contributed by atoms with Gasteiger partial charge in [-0.1, -0.05) is 0 Å². The van der Waals surface area contributed by atoms with E-state index in [2.05, 4.69) is 15.5 Å². The van der Waals surface area contributed by atoms with Gasteiger partial charge in [0.1, 0.15) is 5.82 Å². The standard InChI is InChI=1S/C12H16FN5/c1-3-18-11(6-8(2)17-18)12(16-14)9-4-5-15-7-10(9)13/h4-7,12,16H,3,14H2,1-2H3. The van der Waals surface area contributed by atoms with E-state index >= 15 is 0 Å². The maximum absolute atomic E-state index is 13.8. The van der Waals surface area contributed by atoms with Crippen molar-refractivity contribution in [3.05, 3.63) is 47.3 Å². The second kappa shape index (κ2) is 5.24. The fourth-order valence-corrected chi connectivity index (χ4v) is 2.01. The number of rotatable bonds is 4. The highest BCUT2D eigenvalue weighted by Gasteiger charge is 2.20. The smallest absolute Gasteiger partial charge is 0.146 e. The minimum Gasteiger partial charge on any atom is -0.271 e. The van der Waals surface area contributed by atoms with Crippen LogP contribution in [-0.2, 0) is 6.54 Å². The number of hydrogen-bond acceptors (Lipinski definition) is 4. The van der Waals surface area contributed by atoms with Crippen LogP contribution in [0.15, 0.2) is 24.5 Å². The van der Waals surface area contributed by atoms with Crippen LogP contribution in [0.1, 0.15) is 29.9 Å². The molecule has 0 aliphatic rings. The summed E-state index contributed by atoms with van der Waals surface area (Å²) in [5, 5.41) is 4.34. The molecule has 0 aliphatic heterocycles. The minimum absolute atomic E-state index is 0.387. The number of halogens is 1. The number of nitrogens with two attached hydrogens (primary N) is 1. The van der Waals surface area contributed by atoms with E-state index in [1.54, 1.807) is 16.9 Å². The summed E-state index contributed by atoms with van der Waals surface area (Å²) in [7, 11) is 0. The first-order chi connectivity index (χ1) is 8.67. The van der Waals surface area contributed by atoms with Gasteiger partial charge >= 0.3 is 0 Å². The van der Waals surface area contributed by atoms with Crippen LogP contribution < -0.4 is 11.3 Å². The highest BCUT2D eigenvalue weighted by Crippen LogP contribution is 2.23. The SMILES string of the molecule is CCn1nc(C)cc1C(NN)c1ccncc1F. The number of nitrogens with one attached hydrogen (secondary N) is 1. The summed E-state index contributed by atoms with van der Waals surface area (Å²) in [4.78, 5) is 3.74. The van der Waals surface area contributed by atoms with Gasteiger partial charge in [0.05, 0.1) is 23.6 Å². The van der Waals surface area contributed by atoms with Crippen molar-refractivity contribution in [2.45, 2.75) is 26.4 Å². The quantitative estimate of drug-likeness (QED) is 0.633. The largest absolute Gasteiger partial charge is 0.271 e. The van der Waals surface area contributed by atoms with Gasteiger partial charge in [-0.15, -0.1) is 0 Å².